The van der Waals surface area contributed by atoms with Gasteiger partial charge in [-0.15, -0.1) is 0 Å². The van der Waals surface area contributed by atoms with E-state index in [0.717, 1.165) is 17.2 Å². The Kier molecular flexibility index (Phi) is 4.14. The van der Waals surface area contributed by atoms with E-state index in [4.69, 9.17) is 5.26 Å². The van der Waals surface area contributed by atoms with Gasteiger partial charge in [0.2, 0.25) is 0 Å². The van der Waals surface area contributed by atoms with Crippen molar-refractivity contribution in [3.63, 3.8) is 0 Å². The first-order valence-electron chi connectivity index (χ1n) is 7.26. The lowest BCUT2D eigenvalue weighted by Crippen LogP contribution is -2.31. The average Bonchev–Trinajstić information content (AvgIpc) is 2.39. The highest BCUT2D eigenvalue weighted by Crippen LogP contribution is 2.38. The summed E-state index contributed by atoms with van der Waals surface area (Å²) in [4.78, 5) is 0. The van der Waals surface area contributed by atoms with Crippen molar-refractivity contribution in [2.45, 2.75) is 52.5 Å². The molecule has 0 aromatic heterocycles. The van der Waals surface area contributed by atoms with Crippen LogP contribution in [0.25, 0.3) is 0 Å². The fraction of sp³-hybridized carbons (Fsp3) is 0.588. The van der Waals surface area contributed by atoms with Gasteiger partial charge in [0.05, 0.1) is 11.3 Å². The molecule has 2 rings (SSSR count). The Bertz CT molecular complexity index is 457. The topological polar surface area (TPSA) is 35.8 Å². The maximum Gasteiger partial charge on any atom is 0.101 e. The van der Waals surface area contributed by atoms with E-state index in [9.17, 15) is 0 Å². The number of hydrogen-bond donors (Lipinski definition) is 1. The summed E-state index contributed by atoms with van der Waals surface area (Å²) >= 11 is 0. The third kappa shape index (κ3) is 3.50. The van der Waals surface area contributed by atoms with E-state index >= 15 is 0 Å². The molecule has 2 heteroatoms. The predicted octanol–water partition coefficient (Wildman–Crippen LogP) is 4.58. The van der Waals surface area contributed by atoms with Gasteiger partial charge in [-0.25, -0.2) is 0 Å². The van der Waals surface area contributed by atoms with Gasteiger partial charge in [0.15, 0.2) is 0 Å². The highest BCUT2D eigenvalue weighted by atomic mass is 14.9. The summed E-state index contributed by atoms with van der Waals surface area (Å²) in [5, 5.41) is 12.7. The van der Waals surface area contributed by atoms with Crippen molar-refractivity contribution in [3.05, 3.63) is 29.8 Å². The second-order valence-electron chi connectivity index (χ2n) is 6.72. The van der Waals surface area contributed by atoms with E-state index in [1.165, 1.54) is 25.7 Å². The van der Waals surface area contributed by atoms with Gasteiger partial charge in [-0.2, -0.15) is 5.26 Å². The Morgan fingerprint density at radius 1 is 1.11 bits per heavy atom. The minimum Gasteiger partial charge on any atom is -0.381 e. The summed E-state index contributed by atoms with van der Waals surface area (Å²) in [7, 11) is 0. The summed E-state index contributed by atoms with van der Waals surface area (Å²) in [6.45, 7) is 7.03. The number of nitrogens with zero attached hydrogens (tertiary/aromatic N) is 1. The first kappa shape index (κ1) is 13.9. The van der Waals surface area contributed by atoms with Crippen LogP contribution in [0.1, 0.15) is 52.0 Å². The van der Waals surface area contributed by atoms with Gasteiger partial charge in [0.1, 0.15) is 6.07 Å². The quantitative estimate of drug-likeness (QED) is 0.841. The van der Waals surface area contributed by atoms with E-state index in [1.807, 2.05) is 24.3 Å². The fourth-order valence-electron chi connectivity index (χ4n) is 3.03. The van der Waals surface area contributed by atoms with Crippen LogP contribution in [0.15, 0.2) is 24.3 Å². The zero-order valence-electron chi connectivity index (χ0n) is 12.2. The lowest BCUT2D eigenvalue weighted by Gasteiger charge is -2.37. The van der Waals surface area contributed by atoms with E-state index in [2.05, 4.69) is 32.2 Å². The van der Waals surface area contributed by atoms with Crippen LogP contribution in [0.2, 0.25) is 0 Å². The van der Waals surface area contributed by atoms with Crippen LogP contribution in [0.5, 0.6) is 0 Å². The fourth-order valence-corrected chi connectivity index (χ4v) is 3.03. The molecule has 0 amide bonds. The molecule has 1 fully saturated rings. The van der Waals surface area contributed by atoms with Crippen molar-refractivity contribution in [2.24, 2.45) is 11.3 Å². The molecule has 0 atom stereocenters. The van der Waals surface area contributed by atoms with Crippen molar-refractivity contribution in [1.29, 1.82) is 5.26 Å². The van der Waals surface area contributed by atoms with Gasteiger partial charge in [-0.05, 0) is 49.1 Å². The van der Waals surface area contributed by atoms with Crippen LogP contribution in [0, 0.1) is 22.7 Å². The number of para-hydroxylation sites is 1. The average molecular weight is 256 g/mol. The molecule has 102 valence electrons. The number of hydrogen-bond acceptors (Lipinski definition) is 2. The molecule has 19 heavy (non-hydrogen) atoms. The smallest absolute Gasteiger partial charge is 0.101 e. The first-order valence-corrected chi connectivity index (χ1v) is 7.26. The van der Waals surface area contributed by atoms with Crippen LogP contribution < -0.4 is 5.32 Å². The van der Waals surface area contributed by atoms with Gasteiger partial charge in [0.25, 0.3) is 0 Å². The van der Waals surface area contributed by atoms with E-state index < -0.39 is 0 Å². The lowest BCUT2D eigenvalue weighted by molar-refractivity contribution is 0.173. The second-order valence-corrected chi connectivity index (χ2v) is 6.72. The Morgan fingerprint density at radius 3 is 2.32 bits per heavy atom. The van der Waals surface area contributed by atoms with Crippen LogP contribution in [-0.4, -0.2) is 6.04 Å². The molecule has 0 heterocycles. The summed E-state index contributed by atoms with van der Waals surface area (Å²) in [5.41, 5.74) is 2.17. The number of nitrogens with one attached hydrogen (secondary N) is 1. The van der Waals surface area contributed by atoms with E-state index in [-0.39, 0.29) is 0 Å². The molecule has 0 aliphatic heterocycles. The van der Waals surface area contributed by atoms with Crippen LogP contribution >= 0.6 is 0 Å². The largest absolute Gasteiger partial charge is 0.381 e. The molecule has 1 N–H and O–H groups in total. The monoisotopic (exact) mass is 256 g/mol. The Labute approximate surface area is 116 Å². The Hall–Kier alpha value is -1.49. The molecular formula is C17H24N2. The molecule has 1 saturated carbocycles. The molecule has 1 aliphatic rings. The predicted molar refractivity (Wildman–Crippen MR) is 80.0 cm³/mol. The van der Waals surface area contributed by atoms with Gasteiger partial charge in [-0.3, -0.25) is 0 Å². The highest BCUT2D eigenvalue weighted by Gasteiger charge is 2.29. The van der Waals surface area contributed by atoms with Crippen LogP contribution in [0.4, 0.5) is 5.69 Å². The normalized spacial score (nSPS) is 23.7. The molecule has 0 bridgehead atoms. The minimum atomic E-state index is 0.426. The Morgan fingerprint density at radius 2 is 1.74 bits per heavy atom. The van der Waals surface area contributed by atoms with Crippen molar-refractivity contribution >= 4 is 5.69 Å². The summed E-state index contributed by atoms with van der Waals surface area (Å²) < 4.78 is 0. The molecule has 1 aromatic carbocycles. The van der Waals surface area contributed by atoms with E-state index in [0.29, 0.717) is 11.5 Å². The maximum atomic E-state index is 9.11. The zero-order valence-corrected chi connectivity index (χ0v) is 12.2. The molecule has 0 unspecified atom stereocenters. The molecule has 0 spiro atoms. The van der Waals surface area contributed by atoms with Crippen molar-refractivity contribution < 1.29 is 0 Å². The number of benzene rings is 1. The van der Waals surface area contributed by atoms with Crippen LogP contribution in [0.3, 0.4) is 0 Å². The molecular weight excluding hydrogens is 232 g/mol. The summed E-state index contributed by atoms with van der Waals surface area (Å²) in [6, 6.07) is 10.6. The highest BCUT2D eigenvalue weighted by molar-refractivity contribution is 5.57. The third-order valence-electron chi connectivity index (χ3n) is 4.36. The second kappa shape index (κ2) is 5.65. The number of rotatable bonds is 2. The minimum absolute atomic E-state index is 0.426. The molecule has 1 aliphatic carbocycles. The van der Waals surface area contributed by atoms with Gasteiger partial charge >= 0.3 is 0 Å². The molecule has 0 radical (unpaired) electrons. The van der Waals surface area contributed by atoms with Gasteiger partial charge in [-0.1, -0.05) is 32.9 Å². The Balaban J connectivity index is 1.95. The molecule has 0 saturated heterocycles. The van der Waals surface area contributed by atoms with E-state index in [1.54, 1.807) is 0 Å². The standard InChI is InChI=1S/C17H24N2/c1-17(2,3)14-8-10-15(11-9-14)19-16-7-5-4-6-13(16)12-18/h4-7,14-15,19H,8-11H2,1-3H3. The first-order chi connectivity index (χ1) is 9.00. The molecule has 1 aromatic rings. The maximum absolute atomic E-state index is 9.11. The zero-order chi connectivity index (χ0) is 13.9. The SMILES string of the molecule is CC(C)(C)C1CCC(Nc2ccccc2C#N)CC1. The van der Waals surface area contributed by atoms with Crippen molar-refractivity contribution in [3.8, 4) is 6.07 Å². The third-order valence-corrected chi connectivity index (χ3v) is 4.36. The van der Waals surface area contributed by atoms with Crippen molar-refractivity contribution in [1.82, 2.24) is 0 Å². The van der Waals surface area contributed by atoms with Gasteiger partial charge in [0, 0.05) is 6.04 Å². The number of anilines is 1. The summed E-state index contributed by atoms with van der Waals surface area (Å²) in [6.07, 6.45) is 5.00. The van der Waals surface area contributed by atoms with Crippen molar-refractivity contribution in [2.75, 3.05) is 5.32 Å². The summed E-state index contributed by atoms with van der Waals surface area (Å²) in [5.74, 6) is 0.830. The molecule has 2 nitrogen and oxygen atoms in total. The van der Waals surface area contributed by atoms with Gasteiger partial charge < -0.3 is 5.32 Å². The van der Waals surface area contributed by atoms with Crippen LogP contribution in [-0.2, 0) is 0 Å². The number of nitriles is 1. The lowest BCUT2D eigenvalue weighted by atomic mass is 9.71.